The minimum Gasteiger partial charge on any atom is -0.329 e. The molecule has 5 heteroatoms. The van der Waals surface area contributed by atoms with E-state index in [2.05, 4.69) is 25.8 Å². The van der Waals surface area contributed by atoms with Crippen LogP contribution in [0.2, 0.25) is 0 Å². The summed E-state index contributed by atoms with van der Waals surface area (Å²) < 4.78 is 0. The summed E-state index contributed by atoms with van der Waals surface area (Å²) in [5.74, 6) is 1.46. The highest BCUT2D eigenvalue weighted by Crippen LogP contribution is 2.29. The predicted molar refractivity (Wildman–Crippen MR) is 96.4 cm³/mol. The maximum absolute atomic E-state index is 12.6. The van der Waals surface area contributed by atoms with Crippen molar-refractivity contribution in [2.75, 3.05) is 13.1 Å². The van der Waals surface area contributed by atoms with Crippen molar-refractivity contribution in [2.24, 2.45) is 5.92 Å². The van der Waals surface area contributed by atoms with Crippen molar-refractivity contribution in [1.29, 1.82) is 0 Å². The molecule has 2 aromatic heterocycles. The fraction of sp³-hybridized carbons (Fsp3) is 0.667. The van der Waals surface area contributed by atoms with E-state index in [0.717, 1.165) is 35.4 Å². The number of H-pyrrole nitrogens is 1. The third-order valence-electron chi connectivity index (χ3n) is 5.14. The van der Waals surface area contributed by atoms with Gasteiger partial charge in [0.1, 0.15) is 11.4 Å². The van der Waals surface area contributed by atoms with Crippen molar-refractivity contribution in [1.82, 2.24) is 9.97 Å². The largest absolute Gasteiger partial charge is 0.329 e. The number of nitrogens with zero attached hydrogens (tertiary/aromatic N) is 1. The van der Waals surface area contributed by atoms with Gasteiger partial charge in [-0.3, -0.25) is 4.79 Å². The van der Waals surface area contributed by atoms with Crippen molar-refractivity contribution in [3.8, 4) is 0 Å². The molecular formula is C18H28N3OS+. The number of aryl methyl sites for hydroxylation is 1. The van der Waals surface area contributed by atoms with Crippen LogP contribution in [0.1, 0.15) is 55.8 Å². The molecule has 0 amide bonds. The van der Waals surface area contributed by atoms with Gasteiger partial charge >= 0.3 is 0 Å². The number of piperidine rings is 1. The topological polar surface area (TPSA) is 50.2 Å². The van der Waals surface area contributed by atoms with E-state index < -0.39 is 0 Å². The van der Waals surface area contributed by atoms with Crippen LogP contribution in [0.5, 0.6) is 0 Å². The van der Waals surface area contributed by atoms with Crippen LogP contribution >= 0.6 is 11.3 Å². The summed E-state index contributed by atoms with van der Waals surface area (Å²) in [4.78, 5) is 24.2. The van der Waals surface area contributed by atoms with Gasteiger partial charge in [0.05, 0.1) is 18.5 Å². The summed E-state index contributed by atoms with van der Waals surface area (Å²) in [5, 5.41) is 0.838. The summed E-state index contributed by atoms with van der Waals surface area (Å²) >= 11 is 1.68. The van der Waals surface area contributed by atoms with E-state index in [0.29, 0.717) is 5.92 Å². The Morgan fingerprint density at radius 2 is 2.04 bits per heavy atom. The summed E-state index contributed by atoms with van der Waals surface area (Å²) in [7, 11) is 0. The maximum Gasteiger partial charge on any atom is 0.260 e. The zero-order valence-electron chi connectivity index (χ0n) is 14.5. The normalized spacial score (nSPS) is 17.7. The Bertz CT molecular complexity index is 728. The average Bonchev–Trinajstić information content (AvgIpc) is 2.84. The minimum atomic E-state index is 0.0593. The second-order valence-electron chi connectivity index (χ2n) is 7.03. The molecule has 1 aliphatic heterocycles. The molecule has 0 radical (unpaired) electrons. The SMILES string of the molecule is CC[C@@H](C)Cc1c(C)sc2nc(C[NH+]3CCCCC3)[nH]c(=O)c12. The molecule has 0 saturated carbocycles. The molecular weight excluding hydrogens is 306 g/mol. The average molecular weight is 335 g/mol. The Morgan fingerprint density at radius 1 is 1.30 bits per heavy atom. The third kappa shape index (κ3) is 3.66. The highest BCUT2D eigenvalue weighted by molar-refractivity contribution is 7.18. The molecule has 0 spiro atoms. The number of aromatic amines is 1. The smallest absolute Gasteiger partial charge is 0.260 e. The van der Waals surface area contributed by atoms with Gasteiger partial charge < -0.3 is 9.88 Å². The van der Waals surface area contributed by atoms with Crippen LogP contribution < -0.4 is 10.5 Å². The molecule has 1 aliphatic rings. The molecule has 0 aromatic carbocycles. The van der Waals surface area contributed by atoms with E-state index in [1.807, 2.05) is 0 Å². The van der Waals surface area contributed by atoms with Crippen LogP contribution in [0, 0.1) is 12.8 Å². The summed E-state index contributed by atoms with van der Waals surface area (Å²) in [6.45, 7) is 9.83. The van der Waals surface area contributed by atoms with E-state index in [1.54, 1.807) is 16.2 Å². The first-order valence-corrected chi connectivity index (χ1v) is 9.74. The Labute approximate surface area is 141 Å². The van der Waals surface area contributed by atoms with Gasteiger partial charge in [-0.15, -0.1) is 11.3 Å². The van der Waals surface area contributed by atoms with Crippen LogP contribution in [0.4, 0.5) is 0 Å². The first-order valence-electron chi connectivity index (χ1n) is 8.93. The molecule has 2 N–H and O–H groups in total. The van der Waals surface area contributed by atoms with Gasteiger partial charge in [0.2, 0.25) is 0 Å². The highest BCUT2D eigenvalue weighted by atomic mass is 32.1. The molecule has 1 fully saturated rings. The number of hydrogen-bond donors (Lipinski definition) is 2. The molecule has 0 bridgehead atoms. The number of rotatable bonds is 5. The number of fused-ring (bicyclic) bond motifs is 1. The Balaban J connectivity index is 1.91. The van der Waals surface area contributed by atoms with E-state index in [4.69, 9.17) is 4.98 Å². The highest BCUT2D eigenvalue weighted by Gasteiger charge is 2.19. The predicted octanol–water partition coefficient (Wildman–Crippen LogP) is 2.45. The van der Waals surface area contributed by atoms with Crippen molar-refractivity contribution < 1.29 is 4.90 Å². The number of nitrogens with one attached hydrogen (secondary N) is 2. The van der Waals surface area contributed by atoms with Crippen molar-refractivity contribution in [3.05, 3.63) is 26.6 Å². The van der Waals surface area contributed by atoms with Gasteiger partial charge in [-0.25, -0.2) is 4.98 Å². The molecule has 4 nitrogen and oxygen atoms in total. The van der Waals surface area contributed by atoms with E-state index >= 15 is 0 Å². The van der Waals surface area contributed by atoms with Crippen LogP contribution in [0.3, 0.4) is 0 Å². The number of quaternary nitrogens is 1. The van der Waals surface area contributed by atoms with Gasteiger partial charge in [-0.2, -0.15) is 0 Å². The van der Waals surface area contributed by atoms with Crippen molar-refractivity contribution >= 4 is 21.6 Å². The molecule has 3 rings (SSSR count). The standard InChI is InChI=1S/C18H27N3OS/c1-4-12(2)10-14-13(3)23-18-16(14)17(22)19-15(20-18)11-21-8-6-5-7-9-21/h12H,4-11H2,1-3H3,(H,19,20,22)/p+1/t12-/m1/s1. The minimum absolute atomic E-state index is 0.0593. The lowest BCUT2D eigenvalue weighted by molar-refractivity contribution is -0.919. The van der Waals surface area contributed by atoms with Gasteiger partial charge in [0, 0.05) is 4.88 Å². The number of aromatic nitrogens is 2. The van der Waals surface area contributed by atoms with Crippen LogP contribution in [0.25, 0.3) is 10.2 Å². The summed E-state index contributed by atoms with van der Waals surface area (Å²) in [5.41, 5.74) is 1.27. The zero-order chi connectivity index (χ0) is 16.4. The fourth-order valence-electron chi connectivity index (χ4n) is 3.51. The lowest BCUT2D eigenvalue weighted by Crippen LogP contribution is -3.11. The van der Waals surface area contributed by atoms with Gasteiger partial charge in [0.15, 0.2) is 5.82 Å². The molecule has 23 heavy (non-hydrogen) atoms. The van der Waals surface area contributed by atoms with E-state index in [1.165, 1.54) is 42.8 Å². The van der Waals surface area contributed by atoms with E-state index in [9.17, 15) is 4.79 Å². The Kier molecular flexibility index (Phi) is 5.17. The second-order valence-corrected chi connectivity index (χ2v) is 8.24. The number of hydrogen-bond acceptors (Lipinski definition) is 3. The Morgan fingerprint density at radius 3 is 2.74 bits per heavy atom. The van der Waals surface area contributed by atoms with Gasteiger partial charge in [-0.05, 0) is 44.1 Å². The first kappa shape index (κ1) is 16.7. The van der Waals surface area contributed by atoms with Crippen LogP contribution in [0.15, 0.2) is 4.79 Å². The molecule has 126 valence electrons. The van der Waals surface area contributed by atoms with Crippen LogP contribution in [-0.4, -0.2) is 23.1 Å². The lowest BCUT2D eigenvalue weighted by atomic mass is 9.98. The molecule has 3 heterocycles. The van der Waals surface area contributed by atoms with Crippen molar-refractivity contribution in [2.45, 2.75) is 59.4 Å². The monoisotopic (exact) mass is 334 g/mol. The lowest BCUT2D eigenvalue weighted by Gasteiger charge is -2.22. The zero-order valence-corrected chi connectivity index (χ0v) is 15.3. The molecule has 1 atom stereocenters. The number of thiophene rings is 1. The third-order valence-corrected chi connectivity index (χ3v) is 6.18. The Hall–Kier alpha value is -1.20. The summed E-state index contributed by atoms with van der Waals surface area (Å²) in [6, 6.07) is 0. The number of likely N-dealkylation sites (tertiary alicyclic amines) is 1. The molecule has 0 unspecified atom stereocenters. The molecule has 1 saturated heterocycles. The van der Waals surface area contributed by atoms with Gasteiger partial charge in [-0.1, -0.05) is 20.3 Å². The quantitative estimate of drug-likeness (QED) is 0.882. The van der Waals surface area contributed by atoms with Gasteiger partial charge in [0.25, 0.3) is 5.56 Å². The van der Waals surface area contributed by atoms with Crippen molar-refractivity contribution in [3.63, 3.8) is 0 Å². The molecule has 0 aliphatic carbocycles. The van der Waals surface area contributed by atoms with E-state index in [-0.39, 0.29) is 5.56 Å². The fourth-order valence-corrected chi connectivity index (χ4v) is 4.58. The molecule has 2 aromatic rings. The van der Waals surface area contributed by atoms with Crippen LogP contribution in [-0.2, 0) is 13.0 Å². The maximum atomic E-state index is 12.6. The summed E-state index contributed by atoms with van der Waals surface area (Å²) in [6.07, 6.45) is 6.04. The first-order chi connectivity index (χ1) is 11.1. The second kappa shape index (κ2) is 7.14.